The molecule has 0 aliphatic carbocycles. The minimum Gasteiger partial charge on any atom is -0.303 e. The highest BCUT2D eigenvalue weighted by atomic mass is 16.1. The van der Waals surface area contributed by atoms with Crippen LogP contribution in [-0.4, -0.2) is 6.29 Å². The number of carbonyl (C=O) groups excluding carboxylic acids is 1. The van der Waals surface area contributed by atoms with Crippen molar-refractivity contribution < 1.29 is 4.79 Å². The highest BCUT2D eigenvalue weighted by molar-refractivity contribution is 5.49. The first kappa shape index (κ1) is 13.7. The highest BCUT2D eigenvalue weighted by Crippen LogP contribution is 2.19. The van der Waals surface area contributed by atoms with Crippen molar-refractivity contribution in [2.24, 2.45) is 11.8 Å². The van der Waals surface area contributed by atoms with Gasteiger partial charge in [0.15, 0.2) is 0 Å². The van der Waals surface area contributed by atoms with Crippen LogP contribution < -0.4 is 0 Å². The Labute approximate surface area is 89.3 Å². The van der Waals surface area contributed by atoms with Gasteiger partial charge in [0.05, 0.1) is 0 Å². The molecule has 2 unspecified atom stereocenters. The van der Waals surface area contributed by atoms with Gasteiger partial charge < -0.3 is 4.79 Å². The van der Waals surface area contributed by atoms with Gasteiger partial charge in [0.1, 0.15) is 6.29 Å². The van der Waals surface area contributed by atoms with E-state index >= 15 is 0 Å². The summed E-state index contributed by atoms with van der Waals surface area (Å²) in [6.45, 7) is 6.76. The highest BCUT2D eigenvalue weighted by Gasteiger charge is 2.05. The molecule has 14 heavy (non-hydrogen) atoms. The Morgan fingerprint density at radius 1 is 1.00 bits per heavy atom. The molecule has 0 aliphatic heterocycles. The summed E-state index contributed by atoms with van der Waals surface area (Å²) < 4.78 is 0. The van der Waals surface area contributed by atoms with E-state index in [0.29, 0.717) is 5.92 Å². The van der Waals surface area contributed by atoms with Gasteiger partial charge in [0.25, 0.3) is 0 Å². The fraction of sp³-hybridized carbons (Fsp3) is 0.923. The summed E-state index contributed by atoms with van der Waals surface area (Å²) in [6.07, 6.45) is 9.71. The molecule has 0 amide bonds. The third kappa shape index (κ3) is 8.28. The summed E-state index contributed by atoms with van der Waals surface area (Å²) in [4.78, 5) is 10.3. The van der Waals surface area contributed by atoms with Crippen molar-refractivity contribution in [3.63, 3.8) is 0 Å². The first-order valence-electron chi connectivity index (χ1n) is 6.14. The minimum atomic E-state index is 0.584. The molecular weight excluding hydrogens is 172 g/mol. The van der Waals surface area contributed by atoms with Crippen LogP contribution in [0.25, 0.3) is 0 Å². The third-order valence-corrected chi connectivity index (χ3v) is 2.95. The number of rotatable bonds is 9. The van der Waals surface area contributed by atoms with Crippen molar-refractivity contribution in [1.29, 1.82) is 0 Å². The van der Waals surface area contributed by atoms with E-state index in [9.17, 15) is 4.79 Å². The first-order valence-corrected chi connectivity index (χ1v) is 6.14. The second-order valence-corrected chi connectivity index (χ2v) is 4.69. The van der Waals surface area contributed by atoms with E-state index in [1.807, 2.05) is 0 Å². The molecule has 0 bridgehead atoms. The molecule has 0 fully saturated rings. The van der Waals surface area contributed by atoms with Crippen LogP contribution in [0.4, 0.5) is 0 Å². The fourth-order valence-electron chi connectivity index (χ4n) is 1.74. The van der Waals surface area contributed by atoms with Crippen LogP contribution in [0.15, 0.2) is 0 Å². The maximum atomic E-state index is 10.3. The Morgan fingerprint density at radius 2 is 1.64 bits per heavy atom. The van der Waals surface area contributed by atoms with Crippen molar-refractivity contribution in [2.75, 3.05) is 0 Å². The number of unbranched alkanes of at least 4 members (excludes halogenated alkanes) is 2. The zero-order valence-electron chi connectivity index (χ0n) is 10.1. The van der Waals surface area contributed by atoms with Crippen molar-refractivity contribution in [1.82, 2.24) is 0 Å². The molecule has 0 aromatic carbocycles. The molecule has 2 atom stereocenters. The SMILES string of the molecule is CCCCCC(C)CCC(C)CC=O. The topological polar surface area (TPSA) is 17.1 Å². The largest absolute Gasteiger partial charge is 0.303 e. The second-order valence-electron chi connectivity index (χ2n) is 4.69. The molecule has 0 saturated heterocycles. The Hall–Kier alpha value is -0.330. The number of hydrogen-bond donors (Lipinski definition) is 0. The van der Waals surface area contributed by atoms with E-state index in [-0.39, 0.29) is 0 Å². The summed E-state index contributed by atoms with van der Waals surface area (Å²) in [7, 11) is 0. The molecule has 0 radical (unpaired) electrons. The molecule has 1 nitrogen and oxygen atoms in total. The lowest BCUT2D eigenvalue weighted by molar-refractivity contribution is -0.108. The number of carbonyl (C=O) groups is 1. The molecule has 0 aliphatic rings. The van der Waals surface area contributed by atoms with Crippen LogP contribution in [0.3, 0.4) is 0 Å². The molecule has 0 rings (SSSR count). The molecule has 0 aromatic rings. The van der Waals surface area contributed by atoms with Crippen LogP contribution in [0, 0.1) is 11.8 Å². The van der Waals surface area contributed by atoms with Crippen molar-refractivity contribution in [2.45, 2.75) is 65.7 Å². The fourth-order valence-corrected chi connectivity index (χ4v) is 1.74. The molecule has 0 heterocycles. The number of aldehydes is 1. The zero-order chi connectivity index (χ0) is 10.8. The molecular formula is C13H26O. The quantitative estimate of drug-likeness (QED) is 0.400. The molecule has 0 N–H and O–H groups in total. The van der Waals surface area contributed by atoms with Gasteiger partial charge in [0.2, 0.25) is 0 Å². The summed E-state index contributed by atoms with van der Waals surface area (Å²) in [5.41, 5.74) is 0. The first-order chi connectivity index (χ1) is 6.70. The van der Waals surface area contributed by atoms with Gasteiger partial charge in [-0.1, -0.05) is 59.3 Å². The maximum Gasteiger partial charge on any atom is 0.120 e. The van der Waals surface area contributed by atoms with E-state index in [0.717, 1.165) is 18.6 Å². The van der Waals surface area contributed by atoms with E-state index in [2.05, 4.69) is 20.8 Å². The van der Waals surface area contributed by atoms with Crippen LogP contribution in [0.1, 0.15) is 65.7 Å². The molecule has 1 heteroatoms. The van der Waals surface area contributed by atoms with Crippen molar-refractivity contribution >= 4 is 6.29 Å². The standard InChI is InChI=1S/C13H26O/c1-4-5-6-7-12(2)8-9-13(3)10-11-14/h11-13H,4-10H2,1-3H3. The Morgan fingerprint density at radius 3 is 2.21 bits per heavy atom. The van der Waals surface area contributed by atoms with Gasteiger partial charge in [-0.25, -0.2) is 0 Å². The molecule has 0 saturated carbocycles. The lowest BCUT2D eigenvalue weighted by atomic mass is 9.93. The van der Waals surface area contributed by atoms with Crippen LogP contribution >= 0.6 is 0 Å². The average molecular weight is 198 g/mol. The Balaban J connectivity index is 3.33. The predicted molar refractivity (Wildman–Crippen MR) is 62.4 cm³/mol. The summed E-state index contributed by atoms with van der Waals surface area (Å²) in [5.74, 6) is 1.43. The van der Waals surface area contributed by atoms with Gasteiger partial charge in [-0.3, -0.25) is 0 Å². The van der Waals surface area contributed by atoms with Crippen molar-refractivity contribution in [3.05, 3.63) is 0 Å². The monoisotopic (exact) mass is 198 g/mol. The predicted octanol–water partition coefficient (Wildman–Crippen LogP) is 4.21. The number of hydrogen-bond acceptors (Lipinski definition) is 1. The summed E-state index contributed by atoms with van der Waals surface area (Å²) in [6, 6.07) is 0. The van der Waals surface area contributed by atoms with Crippen LogP contribution in [-0.2, 0) is 4.79 Å². The Kier molecular flexibility index (Phi) is 9.02. The van der Waals surface area contributed by atoms with E-state index in [1.54, 1.807) is 0 Å². The van der Waals surface area contributed by atoms with Crippen molar-refractivity contribution in [3.8, 4) is 0 Å². The van der Waals surface area contributed by atoms with E-state index < -0.39 is 0 Å². The second kappa shape index (κ2) is 9.23. The van der Waals surface area contributed by atoms with Gasteiger partial charge in [-0.2, -0.15) is 0 Å². The van der Waals surface area contributed by atoms with Gasteiger partial charge in [-0.05, 0) is 11.8 Å². The maximum absolute atomic E-state index is 10.3. The normalized spacial score (nSPS) is 15.1. The smallest absolute Gasteiger partial charge is 0.120 e. The van der Waals surface area contributed by atoms with Gasteiger partial charge in [-0.15, -0.1) is 0 Å². The van der Waals surface area contributed by atoms with E-state index in [4.69, 9.17) is 0 Å². The molecule has 84 valence electrons. The summed E-state index contributed by atoms with van der Waals surface area (Å²) >= 11 is 0. The van der Waals surface area contributed by atoms with E-state index in [1.165, 1.54) is 38.5 Å². The third-order valence-electron chi connectivity index (χ3n) is 2.95. The molecule has 0 spiro atoms. The van der Waals surface area contributed by atoms with Gasteiger partial charge >= 0.3 is 0 Å². The average Bonchev–Trinajstić information content (AvgIpc) is 2.16. The Bertz CT molecular complexity index is 131. The summed E-state index contributed by atoms with van der Waals surface area (Å²) in [5, 5.41) is 0. The lowest BCUT2D eigenvalue weighted by Gasteiger charge is -2.13. The zero-order valence-corrected chi connectivity index (χ0v) is 10.1. The van der Waals surface area contributed by atoms with Crippen LogP contribution in [0.2, 0.25) is 0 Å². The molecule has 0 aromatic heterocycles. The van der Waals surface area contributed by atoms with Gasteiger partial charge in [0, 0.05) is 6.42 Å². The minimum absolute atomic E-state index is 0.584. The lowest BCUT2D eigenvalue weighted by Crippen LogP contribution is -2.01. The van der Waals surface area contributed by atoms with Crippen LogP contribution in [0.5, 0.6) is 0 Å².